The highest BCUT2D eigenvalue weighted by molar-refractivity contribution is 5.68. The van der Waals surface area contributed by atoms with Gasteiger partial charge in [0.1, 0.15) is 6.17 Å². The van der Waals surface area contributed by atoms with Crippen LogP contribution >= 0.6 is 0 Å². The number of carboxylic acids is 1. The average molecular weight is 296 g/mol. The first kappa shape index (κ1) is 15.6. The van der Waals surface area contributed by atoms with Gasteiger partial charge in [-0.25, -0.2) is 4.39 Å². The van der Waals surface area contributed by atoms with Crippen molar-refractivity contribution in [3.8, 4) is 11.5 Å². The standard InChI is InChI=1S/C16H21FO4/c1-9(17)11-6-14(20-2)15(21-3)7-13(11)12(8-16(18)19)10-4-5-10/h6-7,9-10,12H,4-5,8H2,1-3H3,(H,18,19). The van der Waals surface area contributed by atoms with Gasteiger partial charge in [0.25, 0.3) is 0 Å². The number of alkyl halides is 1. The van der Waals surface area contributed by atoms with Gasteiger partial charge in [0.2, 0.25) is 0 Å². The molecule has 0 amide bonds. The molecule has 4 nitrogen and oxygen atoms in total. The van der Waals surface area contributed by atoms with Crippen LogP contribution in [0.2, 0.25) is 0 Å². The van der Waals surface area contributed by atoms with Crippen LogP contribution in [0, 0.1) is 5.92 Å². The van der Waals surface area contributed by atoms with Gasteiger partial charge in [-0.05, 0) is 54.9 Å². The summed E-state index contributed by atoms with van der Waals surface area (Å²) in [4.78, 5) is 11.1. The second kappa shape index (κ2) is 6.33. The summed E-state index contributed by atoms with van der Waals surface area (Å²) in [5, 5.41) is 9.13. The van der Waals surface area contributed by atoms with Gasteiger partial charge in [-0.1, -0.05) is 0 Å². The van der Waals surface area contributed by atoms with Gasteiger partial charge < -0.3 is 14.6 Å². The Hall–Kier alpha value is -1.78. The minimum Gasteiger partial charge on any atom is -0.493 e. The fourth-order valence-corrected chi connectivity index (χ4v) is 2.79. The quantitative estimate of drug-likeness (QED) is 0.833. The Morgan fingerprint density at radius 3 is 2.19 bits per heavy atom. The summed E-state index contributed by atoms with van der Waals surface area (Å²) in [5.41, 5.74) is 1.22. The molecule has 2 rings (SSSR count). The van der Waals surface area contributed by atoms with Crippen LogP contribution in [0.25, 0.3) is 0 Å². The van der Waals surface area contributed by atoms with E-state index < -0.39 is 12.1 Å². The lowest BCUT2D eigenvalue weighted by atomic mass is 9.86. The van der Waals surface area contributed by atoms with E-state index in [1.165, 1.54) is 21.1 Å². The maximum atomic E-state index is 14.0. The Kier molecular flexibility index (Phi) is 4.70. The van der Waals surface area contributed by atoms with Crippen LogP contribution in [-0.4, -0.2) is 25.3 Å². The van der Waals surface area contributed by atoms with Crippen molar-refractivity contribution in [2.24, 2.45) is 5.92 Å². The number of halogens is 1. The maximum Gasteiger partial charge on any atom is 0.303 e. The second-order valence-electron chi connectivity index (χ2n) is 5.49. The van der Waals surface area contributed by atoms with Gasteiger partial charge in [0.15, 0.2) is 11.5 Å². The van der Waals surface area contributed by atoms with Crippen molar-refractivity contribution >= 4 is 5.97 Å². The highest BCUT2D eigenvalue weighted by atomic mass is 19.1. The molecule has 1 aliphatic carbocycles. The molecule has 1 aromatic rings. The lowest BCUT2D eigenvalue weighted by Gasteiger charge is -2.22. The van der Waals surface area contributed by atoms with E-state index in [9.17, 15) is 9.18 Å². The van der Waals surface area contributed by atoms with Crippen molar-refractivity contribution < 1.29 is 23.8 Å². The molecule has 1 aliphatic rings. The van der Waals surface area contributed by atoms with Gasteiger partial charge in [-0.3, -0.25) is 4.79 Å². The second-order valence-corrected chi connectivity index (χ2v) is 5.49. The van der Waals surface area contributed by atoms with E-state index >= 15 is 0 Å². The molecule has 116 valence electrons. The molecule has 0 aromatic heterocycles. The van der Waals surface area contributed by atoms with Crippen LogP contribution < -0.4 is 9.47 Å². The lowest BCUT2D eigenvalue weighted by Crippen LogP contribution is -2.12. The molecule has 0 spiro atoms. The molecule has 21 heavy (non-hydrogen) atoms. The highest BCUT2D eigenvalue weighted by Crippen LogP contribution is 2.48. The third-order valence-electron chi connectivity index (χ3n) is 4.00. The molecule has 1 fully saturated rings. The van der Waals surface area contributed by atoms with E-state index in [1.54, 1.807) is 12.1 Å². The van der Waals surface area contributed by atoms with E-state index in [4.69, 9.17) is 14.6 Å². The molecule has 0 bridgehead atoms. The summed E-state index contributed by atoms with van der Waals surface area (Å²) in [6, 6.07) is 3.35. The maximum absolute atomic E-state index is 14.0. The highest BCUT2D eigenvalue weighted by Gasteiger charge is 2.36. The van der Waals surface area contributed by atoms with Crippen molar-refractivity contribution in [2.75, 3.05) is 14.2 Å². The summed E-state index contributed by atoms with van der Waals surface area (Å²) in [6.07, 6.45) is 0.813. The summed E-state index contributed by atoms with van der Waals surface area (Å²) in [6.45, 7) is 1.45. The van der Waals surface area contributed by atoms with Gasteiger partial charge in [0.05, 0.1) is 20.6 Å². The minimum atomic E-state index is -1.19. The Morgan fingerprint density at radius 1 is 1.29 bits per heavy atom. The van der Waals surface area contributed by atoms with E-state index in [-0.39, 0.29) is 12.3 Å². The number of carbonyl (C=O) groups is 1. The summed E-state index contributed by atoms with van der Waals surface area (Å²) in [7, 11) is 3.02. The molecule has 1 N–H and O–H groups in total. The molecule has 2 unspecified atom stereocenters. The van der Waals surface area contributed by atoms with Crippen molar-refractivity contribution in [3.05, 3.63) is 23.3 Å². The first-order chi connectivity index (χ1) is 9.97. The van der Waals surface area contributed by atoms with Crippen LogP contribution in [0.4, 0.5) is 4.39 Å². The molecule has 0 heterocycles. The molecule has 1 saturated carbocycles. The van der Waals surface area contributed by atoms with Crippen molar-refractivity contribution in [1.29, 1.82) is 0 Å². The molecule has 2 atom stereocenters. The zero-order valence-corrected chi connectivity index (χ0v) is 12.6. The monoisotopic (exact) mass is 296 g/mol. The third kappa shape index (κ3) is 3.46. The van der Waals surface area contributed by atoms with E-state index in [0.29, 0.717) is 23.0 Å². The molecular weight excluding hydrogens is 275 g/mol. The van der Waals surface area contributed by atoms with Crippen LogP contribution in [0.5, 0.6) is 11.5 Å². The Balaban J connectivity index is 2.50. The first-order valence-corrected chi connectivity index (χ1v) is 7.09. The fraction of sp³-hybridized carbons (Fsp3) is 0.562. The van der Waals surface area contributed by atoms with Crippen molar-refractivity contribution in [1.82, 2.24) is 0 Å². The molecule has 0 aliphatic heterocycles. The van der Waals surface area contributed by atoms with Crippen LogP contribution in [0.15, 0.2) is 12.1 Å². The van der Waals surface area contributed by atoms with E-state index in [2.05, 4.69) is 0 Å². The number of methoxy groups -OCH3 is 2. The predicted octanol–water partition coefficient (Wildman–Crippen LogP) is 3.70. The topological polar surface area (TPSA) is 55.8 Å². The number of benzene rings is 1. The zero-order valence-electron chi connectivity index (χ0n) is 12.6. The van der Waals surface area contributed by atoms with Gasteiger partial charge in [-0.2, -0.15) is 0 Å². The zero-order chi connectivity index (χ0) is 15.6. The SMILES string of the molecule is COc1cc(C(C)F)c(C(CC(=O)O)C2CC2)cc1OC. The Labute approximate surface area is 123 Å². The number of carboxylic acid groups (broad SMARTS) is 1. The average Bonchev–Trinajstić information content (AvgIpc) is 3.27. The lowest BCUT2D eigenvalue weighted by molar-refractivity contribution is -0.137. The van der Waals surface area contributed by atoms with Crippen molar-refractivity contribution in [2.45, 2.75) is 38.3 Å². The van der Waals surface area contributed by atoms with E-state index in [0.717, 1.165) is 18.4 Å². The predicted molar refractivity (Wildman–Crippen MR) is 76.8 cm³/mol. The summed E-state index contributed by atoms with van der Waals surface area (Å²) < 4.78 is 24.5. The molecule has 0 radical (unpaired) electrons. The largest absolute Gasteiger partial charge is 0.493 e. The molecule has 5 heteroatoms. The third-order valence-corrected chi connectivity index (χ3v) is 4.00. The Bertz CT molecular complexity index is 523. The number of hydrogen-bond donors (Lipinski definition) is 1. The van der Waals surface area contributed by atoms with Crippen LogP contribution in [0.3, 0.4) is 0 Å². The number of aliphatic carboxylic acids is 1. The molecule has 1 aromatic carbocycles. The number of hydrogen-bond acceptors (Lipinski definition) is 3. The van der Waals surface area contributed by atoms with Crippen LogP contribution in [0.1, 0.15) is 49.4 Å². The molecular formula is C16H21FO4. The van der Waals surface area contributed by atoms with E-state index in [1.807, 2.05) is 0 Å². The van der Waals surface area contributed by atoms with Crippen LogP contribution in [-0.2, 0) is 4.79 Å². The smallest absolute Gasteiger partial charge is 0.303 e. The summed E-state index contributed by atoms with van der Waals surface area (Å²) in [5.74, 6) is 0.255. The first-order valence-electron chi connectivity index (χ1n) is 7.09. The van der Waals surface area contributed by atoms with Crippen molar-refractivity contribution in [3.63, 3.8) is 0 Å². The van der Waals surface area contributed by atoms with Gasteiger partial charge in [0, 0.05) is 0 Å². The van der Waals surface area contributed by atoms with Gasteiger partial charge in [-0.15, -0.1) is 0 Å². The minimum absolute atomic E-state index is 0.0138. The Morgan fingerprint density at radius 2 is 1.81 bits per heavy atom. The number of ether oxygens (including phenoxy) is 2. The van der Waals surface area contributed by atoms with Gasteiger partial charge >= 0.3 is 5.97 Å². The summed E-state index contributed by atoms with van der Waals surface area (Å²) >= 11 is 0. The normalized spacial score (nSPS) is 17.1. The molecule has 0 saturated heterocycles. The number of rotatable bonds is 7. The fourth-order valence-electron chi connectivity index (χ4n) is 2.79.